The van der Waals surface area contributed by atoms with Crippen LogP contribution in [0.1, 0.15) is 25.7 Å². The summed E-state index contributed by atoms with van der Waals surface area (Å²) in [4.78, 5) is 0. The highest BCUT2D eigenvalue weighted by Crippen LogP contribution is 2.77. The Balaban J connectivity index is 2.37. The van der Waals surface area contributed by atoms with E-state index in [2.05, 4.69) is 24.3 Å². The van der Waals surface area contributed by atoms with Crippen molar-refractivity contribution in [3.63, 3.8) is 0 Å². The maximum absolute atomic E-state index is 9.57. The summed E-state index contributed by atoms with van der Waals surface area (Å²) in [7, 11) is 0. The van der Waals surface area contributed by atoms with Crippen molar-refractivity contribution >= 4 is 0 Å². The zero-order valence-corrected chi connectivity index (χ0v) is 9.77. The normalized spacial score (nSPS) is 29.6. The smallest absolute Gasteiger partial charge is 0.185 e. The first-order chi connectivity index (χ1) is 8.61. The Kier molecular flexibility index (Phi) is 1.65. The molecule has 3 aliphatic rings. The van der Waals surface area contributed by atoms with E-state index in [1.165, 1.54) is 0 Å². The molecule has 0 saturated heterocycles. The molecule has 0 radical (unpaired) electrons. The molecule has 18 heavy (non-hydrogen) atoms. The van der Waals surface area contributed by atoms with Crippen LogP contribution in [-0.2, 0) is 0 Å². The van der Waals surface area contributed by atoms with Crippen LogP contribution in [0.5, 0.6) is 0 Å². The number of hydrogen-bond donors (Lipinski definition) is 0. The fourth-order valence-corrected chi connectivity index (χ4v) is 3.50. The van der Waals surface area contributed by atoms with Crippen molar-refractivity contribution in [1.82, 2.24) is 0 Å². The van der Waals surface area contributed by atoms with Crippen LogP contribution in [0.4, 0.5) is 0 Å². The van der Waals surface area contributed by atoms with Gasteiger partial charge in [-0.2, -0.15) is 21.0 Å². The highest BCUT2D eigenvalue weighted by Gasteiger charge is 2.80. The number of rotatable bonds is 0. The van der Waals surface area contributed by atoms with Gasteiger partial charge in [-0.25, -0.2) is 0 Å². The van der Waals surface area contributed by atoms with Crippen LogP contribution in [0.15, 0.2) is 12.2 Å². The molecule has 0 unspecified atom stereocenters. The van der Waals surface area contributed by atoms with Gasteiger partial charge in [0.2, 0.25) is 0 Å². The summed E-state index contributed by atoms with van der Waals surface area (Å²) >= 11 is 0. The fourth-order valence-electron chi connectivity index (χ4n) is 3.50. The molecule has 4 nitrogen and oxygen atoms in total. The molecule has 3 aliphatic carbocycles. The quantitative estimate of drug-likeness (QED) is 0.600. The van der Waals surface area contributed by atoms with Gasteiger partial charge in [-0.05, 0) is 25.7 Å². The Hall–Kier alpha value is -2.30. The standard InChI is InChI=1S/C14H10N4/c15-7-13(8-16)11(1-2-11)5-6-12(3-4-12)14(13,9-17)10-18/h5-6H,1-4H2. The second-order valence-electron chi connectivity index (χ2n) is 5.59. The Morgan fingerprint density at radius 1 is 0.611 bits per heavy atom. The van der Waals surface area contributed by atoms with Crippen LogP contribution in [0.25, 0.3) is 0 Å². The van der Waals surface area contributed by atoms with Crippen molar-refractivity contribution in [3.05, 3.63) is 12.2 Å². The molecular formula is C14H10N4. The van der Waals surface area contributed by atoms with Gasteiger partial charge in [0.05, 0.1) is 24.3 Å². The average Bonchev–Trinajstić information content (AvgIpc) is 3.28. The van der Waals surface area contributed by atoms with Crippen molar-refractivity contribution in [3.8, 4) is 24.3 Å². The van der Waals surface area contributed by atoms with Gasteiger partial charge < -0.3 is 0 Å². The van der Waals surface area contributed by atoms with E-state index in [9.17, 15) is 21.0 Å². The molecule has 0 N–H and O–H groups in total. The molecule has 3 rings (SSSR count). The Morgan fingerprint density at radius 3 is 1.06 bits per heavy atom. The summed E-state index contributed by atoms with van der Waals surface area (Å²) in [5, 5.41) is 38.3. The summed E-state index contributed by atoms with van der Waals surface area (Å²) in [5.74, 6) is 0. The van der Waals surface area contributed by atoms with Crippen LogP contribution < -0.4 is 0 Å². The van der Waals surface area contributed by atoms with Crippen LogP contribution in [-0.4, -0.2) is 0 Å². The Labute approximate surface area is 105 Å². The van der Waals surface area contributed by atoms with Crippen molar-refractivity contribution in [2.75, 3.05) is 0 Å². The van der Waals surface area contributed by atoms with Crippen molar-refractivity contribution in [2.45, 2.75) is 25.7 Å². The summed E-state index contributed by atoms with van der Waals surface area (Å²) < 4.78 is 0. The summed E-state index contributed by atoms with van der Waals surface area (Å²) in [6.07, 6.45) is 6.72. The lowest BCUT2D eigenvalue weighted by Gasteiger charge is -2.44. The number of nitrogens with zero attached hydrogens (tertiary/aromatic N) is 4. The van der Waals surface area contributed by atoms with Crippen molar-refractivity contribution in [1.29, 1.82) is 21.0 Å². The molecule has 0 heterocycles. The molecule has 0 bridgehead atoms. The van der Waals surface area contributed by atoms with E-state index in [1.807, 2.05) is 12.2 Å². The Bertz CT molecular complexity index is 537. The van der Waals surface area contributed by atoms with E-state index in [4.69, 9.17) is 0 Å². The molecule has 4 heteroatoms. The van der Waals surface area contributed by atoms with E-state index in [0.717, 1.165) is 0 Å². The summed E-state index contributed by atoms with van der Waals surface area (Å²) in [6.45, 7) is 0. The first kappa shape index (κ1) is 10.8. The number of allylic oxidation sites excluding steroid dienone is 2. The van der Waals surface area contributed by atoms with Crippen LogP contribution in [0.3, 0.4) is 0 Å². The molecule has 2 saturated carbocycles. The van der Waals surface area contributed by atoms with E-state index in [0.29, 0.717) is 25.7 Å². The second kappa shape index (κ2) is 2.75. The third-order valence-electron chi connectivity index (χ3n) is 5.03. The van der Waals surface area contributed by atoms with Gasteiger partial charge in [-0.15, -0.1) is 0 Å². The van der Waals surface area contributed by atoms with Gasteiger partial charge >= 0.3 is 0 Å². The summed E-state index contributed by atoms with van der Waals surface area (Å²) in [6, 6.07) is 8.20. The lowest BCUT2D eigenvalue weighted by Crippen LogP contribution is -2.52. The Morgan fingerprint density at radius 2 is 0.889 bits per heavy atom. The van der Waals surface area contributed by atoms with Crippen molar-refractivity contribution in [2.24, 2.45) is 21.7 Å². The van der Waals surface area contributed by atoms with Crippen LogP contribution in [0.2, 0.25) is 0 Å². The predicted molar refractivity (Wildman–Crippen MR) is 59.8 cm³/mol. The number of hydrogen-bond acceptors (Lipinski definition) is 4. The minimum atomic E-state index is -1.52. The van der Waals surface area contributed by atoms with Crippen LogP contribution in [0, 0.1) is 67.0 Å². The SMILES string of the molecule is N#CC1(C#N)C2(C=CC3(CC3)C1(C#N)C#N)CC2. The molecule has 0 aromatic rings. The van der Waals surface area contributed by atoms with Gasteiger partial charge in [0.15, 0.2) is 10.8 Å². The van der Waals surface area contributed by atoms with Gasteiger partial charge in [0, 0.05) is 10.8 Å². The summed E-state index contributed by atoms with van der Waals surface area (Å²) in [5.41, 5.74) is -4.19. The van der Waals surface area contributed by atoms with E-state index >= 15 is 0 Å². The van der Waals surface area contributed by atoms with Crippen molar-refractivity contribution < 1.29 is 0 Å². The fraction of sp³-hybridized carbons (Fsp3) is 0.571. The first-order valence-corrected chi connectivity index (χ1v) is 5.97. The maximum atomic E-state index is 9.57. The van der Waals surface area contributed by atoms with Gasteiger partial charge in [0.25, 0.3) is 0 Å². The molecule has 2 fully saturated rings. The van der Waals surface area contributed by atoms with Gasteiger partial charge in [0.1, 0.15) is 0 Å². The predicted octanol–water partition coefficient (Wildman–Crippen LogP) is 2.18. The topological polar surface area (TPSA) is 95.2 Å². The van der Waals surface area contributed by atoms with Crippen LogP contribution >= 0.6 is 0 Å². The molecule has 0 amide bonds. The minimum absolute atomic E-state index is 0.574. The maximum Gasteiger partial charge on any atom is 0.185 e. The zero-order valence-electron chi connectivity index (χ0n) is 9.77. The third kappa shape index (κ3) is 0.766. The van der Waals surface area contributed by atoms with Gasteiger partial charge in [-0.3, -0.25) is 0 Å². The first-order valence-electron chi connectivity index (χ1n) is 5.97. The highest BCUT2D eigenvalue weighted by atomic mass is 14.8. The molecular weight excluding hydrogens is 224 g/mol. The van der Waals surface area contributed by atoms with Gasteiger partial charge in [-0.1, -0.05) is 12.2 Å². The molecule has 0 aromatic heterocycles. The lowest BCUT2D eigenvalue weighted by molar-refractivity contribution is 0.127. The largest absolute Gasteiger partial charge is 0.196 e. The average molecular weight is 234 g/mol. The zero-order chi connectivity index (χ0) is 13.1. The molecule has 0 aliphatic heterocycles. The monoisotopic (exact) mass is 234 g/mol. The lowest BCUT2D eigenvalue weighted by atomic mass is 9.49. The number of nitriles is 4. The highest BCUT2D eigenvalue weighted by molar-refractivity contribution is 5.52. The molecule has 0 aromatic carbocycles. The second-order valence-corrected chi connectivity index (χ2v) is 5.59. The van der Waals surface area contributed by atoms with E-state index < -0.39 is 21.7 Å². The molecule has 2 spiro atoms. The minimum Gasteiger partial charge on any atom is -0.196 e. The van der Waals surface area contributed by atoms with E-state index in [-0.39, 0.29) is 0 Å². The van der Waals surface area contributed by atoms with E-state index in [1.54, 1.807) is 0 Å². The molecule has 0 atom stereocenters. The third-order valence-corrected chi connectivity index (χ3v) is 5.03. The molecule has 86 valence electrons.